The molecule has 1 saturated heterocycles. The zero-order valence-corrected chi connectivity index (χ0v) is 13.0. The molecule has 0 spiro atoms. The molecule has 0 saturated carbocycles. The van der Waals surface area contributed by atoms with E-state index >= 15 is 0 Å². The van der Waals surface area contributed by atoms with Gasteiger partial charge in [0.1, 0.15) is 6.04 Å². The number of carbonyl (C=O) groups is 1. The Morgan fingerprint density at radius 3 is 2.79 bits per heavy atom. The summed E-state index contributed by atoms with van der Waals surface area (Å²) in [5.41, 5.74) is 0.970. The number of nitrogens with zero attached hydrogens (tertiary/aromatic N) is 1. The predicted octanol–water partition coefficient (Wildman–Crippen LogP) is 3.52. The first-order valence-corrected chi connectivity index (χ1v) is 7.41. The number of aliphatic carboxylic acids is 1. The SMILES string of the molecule is CC1(C)CCCN(Cc2ccccc2Br)C1C(=O)O. The van der Waals surface area contributed by atoms with Crippen LogP contribution in [0.4, 0.5) is 0 Å². The monoisotopic (exact) mass is 325 g/mol. The Balaban J connectivity index is 2.23. The maximum Gasteiger partial charge on any atom is 0.321 e. The quantitative estimate of drug-likeness (QED) is 0.924. The molecular weight excluding hydrogens is 306 g/mol. The molecule has 1 heterocycles. The second kappa shape index (κ2) is 5.63. The van der Waals surface area contributed by atoms with E-state index in [0.717, 1.165) is 29.4 Å². The summed E-state index contributed by atoms with van der Waals surface area (Å²) < 4.78 is 1.04. The number of halogens is 1. The van der Waals surface area contributed by atoms with Crippen molar-refractivity contribution < 1.29 is 9.90 Å². The molecule has 19 heavy (non-hydrogen) atoms. The summed E-state index contributed by atoms with van der Waals surface area (Å²) in [5, 5.41) is 9.54. The van der Waals surface area contributed by atoms with Gasteiger partial charge in [0.05, 0.1) is 0 Å². The average molecular weight is 326 g/mol. The minimum atomic E-state index is -0.711. The van der Waals surface area contributed by atoms with Crippen LogP contribution in [0.15, 0.2) is 28.7 Å². The van der Waals surface area contributed by atoms with Gasteiger partial charge in [0.25, 0.3) is 0 Å². The van der Waals surface area contributed by atoms with E-state index in [0.29, 0.717) is 6.54 Å². The molecule has 0 amide bonds. The van der Waals surface area contributed by atoms with Crippen molar-refractivity contribution in [3.8, 4) is 0 Å². The molecule has 3 nitrogen and oxygen atoms in total. The molecule has 4 heteroatoms. The molecule has 2 rings (SSSR count). The van der Waals surface area contributed by atoms with Crippen LogP contribution in [0.1, 0.15) is 32.3 Å². The zero-order chi connectivity index (χ0) is 14.0. The maximum atomic E-state index is 11.6. The van der Waals surface area contributed by atoms with E-state index in [1.807, 2.05) is 24.3 Å². The molecule has 1 aromatic carbocycles. The van der Waals surface area contributed by atoms with Crippen LogP contribution in [0.3, 0.4) is 0 Å². The van der Waals surface area contributed by atoms with Crippen molar-refractivity contribution in [2.75, 3.05) is 6.54 Å². The van der Waals surface area contributed by atoms with Crippen LogP contribution in [-0.4, -0.2) is 28.6 Å². The molecule has 104 valence electrons. The number of piperidine rings is 1. The highest BCUT2D eigenvalue weighted by Gasteiger charge is 2.42. The van der Waals surface area contributed by atoms with Crippen molar-refractivity contribution >= 4 is 21.9 Å². The van der Waals surface area contributed by atoms with Gasteiger partial charge in [-0.3, -0.25) is 9.69 Å². The standard InChI is InChI=1S/C15H20BrNO2/c1-15(2)8-5-9-17(13(15)14(18)19)10-11-6-3-4-7-12(11)16/h3-4,6-7,13H,5,8-10H2,1-2H3,(H,18,19). The van der Waals surface area contributed by atoms with Gasteiger partial charge in [0.2, 0.25) is 0 Å². The van der Waals surface area contributed by atoms with Crippen molar-refractivity contribution in [1.82, 2.24) is 4.90 Å². The van der Waals surface area contributed by atoms with Crippen LogP contribution < -0.4 is 0 Å². The lowest BCUT2D eigenvalue weighted by Gasteiger charge is -2.44. The van der Waals surface area contributed by atoms with Gasteiger partial charge in [-0.15, -0.1) is 0 Å². The highest BCUT2D eigenvalue weighted by molar-refractivity contribution is 9.10. The molecule has 0 aliphatic carbocycles. The smallest absolute Gasteiger partial charge is 0.321 e. The lowest BCUT2D eigenvalue weighted by Crippen LogP contribution is -2.53. The van der Waals surface area contributed by atoms with E-state index in [-0.39, 0.29) is 5.41 Å². The Labute approximate surface area is 122 Å². The van der Waals surface area contributed by atoms with Crippen molar-refractivity contribution in [1.29, 1.82) is 0 Å². The highest BCUT2D eigenvalue weighted by Crippen LogP contribution is 2.36. The molecule has 1 aromatic rings. The summed E-state index contributed by atoms with van der Waals surface area (Å²) in [5.74, 6) is -0.711. The molecular formula is C15H20BrNO2. The van der Waals surface area contributed by atoms with Crippen molar-refractivity contribution in [3.05, 3.63) is 34.3 Å². The largest absolute Gasteiger partial charge is 0.480 e. The third-order valence-electron chi connectivity index (χ3n) is 3.94. The Morgan fingerprint density at radius 2 is 2.16 bits per heavy atom. The topological polar surface area (TPSA) is 40.5 Å². The van der Waals surface area contributed by atoms with Crippen molar-refractivity contribution in [2.24, 2.45) is 5.41 Å². The Morgan fingerprint density at radius 1 is 1.47 bits per heavy atom. The normalized spacial score (nSPS) is 23.2. The van der Waals surface area contributed by atoms with Gasteiger partial charge < -0.3 is 5.11 Å². The van der Waals surface area contributed by atoms with E-state index in [1.54, 1.807) is 0 Å². The molecule has 0 radical (unpaired) electrons. The summed E-state index contributed by atoms with van der Waals surface area (Å²) in [6, 6.07) is 7.60. The number of likely N-dealkylation sites (tertiary alicyclic amines) is 1. The van der Waals surface area contributed by atoms with Gasteiger partial charge in [0.15, 0.2) is 0 Å². The molecule has 1 aliphatic rings. The number of carboxylic acids is 1. The van der Waals surface area contributed by atoms with E-state index in [2.05, 4.69) is 34.7 Å². The summed E-state index contributed by atoms with van der Waals surface area (Å²) in [6.45, 7) is 5.64. The Kier molecular flexibility index (Phi) is 4.31. The summed E-state index contributed by atoms with van der Waals surface area (Å²) >= 11 is 3.53. The fraction of sp³-hybridized carbons (Fsp3) is 0.533. The molecule has 1 unspecified atom stereocenters. The minimum Gasteiger partial charge on any atom is -0.480 e. The van der Waals surface area contributed by atoms with Crippen LogP contribution in [-0.2, 0) is 11.3 Å². The number of rotatable bonds is 3. The van der Waals surface area contributed by atoms with E-state index in [9.17, 15) is 9.90 Å². The van der Waals surface area contributed by atoms with Crippen molar-refractivity contribution in [2.45, 2.75) is 39.3 Å². The van der Waals surface area contributed by atoms with Gasteiger partial charge in [-0.2, -0.15) is 0 Å². The number of benzene rings is 1. The molecule has 1 fully saturated rings. The van der Waals surface area contributed by atoms with E-state index in [4.69, 9.17) is 0 Å². The number of carboxylic acid groups (broad SMARTS) is 1. The maximum absolute atomic E-state index is 11.6. The van der Waals surface area contributed by atoms with Gasteiger partial charge in [0, 0.05) is 11.0 Å². The van der Waals surface area contributed by atoms with Gasteiger partial charge >= 0.3 is 5.97 Å². The first-order chi connectivity index (χ1) is 8.92. The fourth-order valence-electron chi connectivity index (χ4n) is 3.00. The number of hydrogen-bond donors (Lipinski definition) is 1. The van der Waals surface area contributed by atoms with Crippen LogP contribution in [0, 0.1) is 5.41 Å². The molecule has 1 aliphatic heterocycles. The second-order valence-corrected chi connectivity index (χ2v) is 6.75. The second-order valence-electron chi connectivity index (χ2n) is 5.89. The molecule has 0 bridgehead atoms. The van der Waals surface area contributed by atoms with Crippen LogP contribution >= 0.6 is 15.9 Å². The molecule has 1 N–H and O–H groups in total. The first kappa shape index (κ1) is 14.5. The van der Waals surface area contributed by atoms with E-state index < -0.39 is 12.0 Å². The minimum absolute atomic E-state index is 0.175. The van der Waals surface area contributed by atoms with E-state index in [1.165, 1.54) is 0 Å². The summed E-state index contributed by atoms with van der Waals surface area (Å²) in [6.07, 6.45) is 2.03. The fourth-order valence-corrected chi connectivity index (χ4v) is 3.41. The average Bonchev–Trinajstić information content (AvgIpc) is 2.30. The molecule has 1 atom stereocenters. The summed E-state index contributed by atoms with van der Waals surface area (Å²) in [4.78, 5) is 13.7. The third-order valence-corrected chi connectivity index (χ3v) is 4.71. The van der Waals surface area contributed by atoms with Crippen LogP contribution in [0.5, 0.6) is 0 Å². The number of hydrogen-bond acceptors (Lipinski definition) is 2. The van der Waals surface area contributed by atoms with Crippen molar-refractivity contribution in [3.63, 3.8) is 0 Å². The van der Waals surface area contributed by atoms with Gasteiger partial charge in [-0.25, -0.2) is 0 Å². The first-order valence-electron chi connectivity index (χ1n) is 6.62. The molecule has 0 aromatic heterocycles. The zero-order valence-electron chi connectivity index (χ0n) is 11.4. The lowest BCUT2D eigenvalue weighted by molar-refractivity contribution is -0.151. The van der Waals surface area contributed by atoms with Gasteiger partial charge in [-0.05, 0) is 36.4 Å². The summed E-state index contributed by atoms with van der Waals surface area (Å²) in [7, 11) is 0. The Bertz CT molecular complexity index is 473. The third kappa shape index (κ3) is 3.18. The van der Waals surface area contributed by atoms with Crippen LogP contribution in [0.25, 0.3) is 0 Å². The Hall–Kier alpha value is -0.870. The predicted molar refractivity (Wildman–Crippen MR) is 79.0 cm³/mol. The highest BCUT2D eigenvalue weighted by atomic mass is 79.9. The van der Waals surface area contributed by atoms with Gasteiger partial charge in [-0.1, -0.05) is 48.0 Å². The van der Waals surface area contributed by atoms with Crippen LogP contribution in [0.2, 0.25) is 0 Å². The lowest BCUT2D eigenvalue weighted by atomic mass is 9.76.